The van der Waals surface area contributed by atoms with E-state index in [0.717, 1.165) is 0 Å². The third kappa shape index (κ3) is 2.32. The molecule has 2 rings (SSSR count). The van der Waals surface area contributed by atoms with Gasteiger partial charge in [0.05, 0.1) is 18.1 Å². The van der Waals surface area contributed by atoms with Crippen molar-refractivity contribution >= 4 is 0 Å². The van der Waals surface area contributed by atoms with Crippen molar-refractivity contribution in [3.8, 4) is 0 Å². The van der Waals surface area contributed by atoms with Crippen LogP contribution in [0.3, 0.4) is 0 Å². The van der Waals surface area contributed by atoms with E-state index in [-0.39, 0.29) is 49.4 Å². The molecular formula is C12H19F3O2. The van der Waals surface area contributed by atoms with E-state index >= 15 is 0 Å². The van der Waals surface area contributed by atoms with Crippen molar-refractivity contribution in [1.29, 1.82) is 0 Å². The molecule has 6 atom stereocenters. The van der Waals surface area contributed by atoms with Gasteiger partial charge in [-0.15, -0.1) is 0 Å². The standard InChI is InChI=1S/C12H19F3O2/c1-6-7(2)17-10-4-9(12(13,14)15)3-8(5-16)11(6)10/h6-11,16H,3-5H2,1-2H3. The van der Waals surface area contributed by atoms with Crippen LogP contribution >= 0.6 is 0 Å². The Kier molecular flexibility index (Phi) is 3.42. The average Bonchev–Trinajstić information content (AvgIpc) is 2.52. The lowest BCUT2D eigenvalue weighted by Crippen LogP contribution is -2.42. The molecule has 0 spiro atoms. The van der Waals surface area contributed by atoms with E-state index in [2.05, 4.69) is 0 Å². The minimum Gasteiger partial charge on any atom is -0.396 e. The fourth-order valence-corrected chi connectivity index (χ4v) is 3.45. The second kappa shape index (κ2) is 4.43. The van der Waals surface area contributed by atoms with Gasteiger partial charge in [0.25, 0.3) is 0 Å². The second-order valence-electron chi connectivity index (χ2n) is 5.47. The number of aliphatic hydroxyl groups is 1. The van der Waals surface area contributed by atoms with Gasteiger partial charge in [-0.1, -0.05) is 6.92 Å². The third-order valence-corrected chi connectivity index (χ3v) is 4.51. The molecule has 2 aliphatic rings. The van der Waals surface area contributed by atoms with E-state index in [0.29, 0.717) is 0 Å². The van der Waals surface area contributed by atoms with Crippen LogP contribution in [0.2, 0.25) is 0 Å². The lowest BCUT2D eigenvalue weighted by Gasteiger charge is -2.38. The third-order valence-electron chi connectivity index (χ3n) is 4.51. The number of aliphatic hydroxyl groups excluding tert-OH is 1. The van der Waals surface area contributed by atoms with Crippen LogP contribution in [-0.4, -0.2) is 30.1 Å². The molecule has 2 fully saturated rings. The summed E-state index contributed by atoms with van der Waals surface area (Å²) in [5, 5.41) is 9.30. The molecule has 17 heavy (non-hydrogen) atoms. The molecule has 5 heteroatoms. The molecular weight excluding hydrogens is 233 g/mol. The highest BCUT2D eigenvalue weighted by Gasteiger charge is 2.53. The number of ether oxygens (including phenoxy) is 1. The number of rotatable bonds is 1. The normalized spacial score (nSPS) is 46.9. The Balaban J connectivity index is 2.16. The zero-order valence-electron chi connectivity index (χ0n) is 10.1. The Morgan fingerprint density at radius 2 is 1.88 bits per heavy atom. The van der Waals surface area contributed by atoms with Gasteiger partial charge in [-0.2, -0.15) is 13.2 Å². The lowest BCUT2D eigenvalue weighted by molar-refractivity contribution is -0.201. The number of fused-ring (bicyclic) bond motifs is 1. The summed E-state index contributed by atoms with van der Waals surface area (Å²) in [6.45, 7) is 3.74. The summed E-state index contributed by atoms with van der Waals surface area (Å²) in [4.78, 5) is 0. The van der Waals surface area contributed by atoms with Crippen LogP contribution in [0.15, 0.2) is 0 Å². The monoisotopic (exact) mass is 252 g/mol. The molecule has 0 radical (unpaired) electrons. The quantitative estimate of drug-likeness (QED) is 0.777. The number of alkyl halides is 3. The minimum absolute atomic E-state index is 0.00830. The zero-order valence-corrected chi connectivity index (χ0v) is 10.1. The molecule has 1 heterocycles. The summed E-state index contributed by atoms with van der Waals surface area (Å²) in [6.07, 6.45) is -4.42. The Labute approximate surface area is 99.1 Å². The molecule has 2 nitrogen and oxygen atoms in total. The first-order valence-corrected chi connectivity index (χ1v) is 6.17. The predicted molar refractivity (Wildman–Crippen MR) is 56.3 cm³/mol. The summed E-state index contributed by atoms with van der Waals surface area (Å²) in [6, 6.07) is 0. The van der Waals surface area contributed by atoms with Gasteiger partial charge in [0.1, 0.15) is 0 Å². The van der Waals surface area contributed by atoms with Crippen molar-refractivity contribution in [3.63, 3.8) is 0 Å². The van der Waals surface area contributed by atoms with Crippen LogP contribution in [0, 0.1) is 23.7 Å². The molecule has 0 aromatic heterocycles. The maximum Gasteiger partial charge on any atom is 0.391 e. The Morgan fingerprint density at radius 1 is 1.24 bits per heavy atom. The van der Waals surface area contributed by atoms with Gasteiger partial charge in [-0.25, -0.2) is 0 Å². The van der Waals surface area contributed by atoms with Crippen molar-refractivity contribution < 1.29 is 23.0 Å². The first kappa shape index (κ1) is 13.1. The van der Waals surface area contributed by atoms with Crippen molar-refractivity contribution in [3.05, 3.63) is 0 Å². The topological polar surface area (TPSA) is 29.5 Å². The van der Waals surface area contributed by atoms with Crippen LogP contribution in [0.4, 0.5) is 13.2 Å². The molecule has 1 aliphatic heterocycles. The number of halogens is 3. The van der Waals surface area contributed by atoms with E-state index in [1.807, 2.05) is 13.8 Å². The van der Waals surface area contributed by atoms with E-state index in [4.69, 9.17) is 4.74 Å². The summed E-state index contributed by atoms with van der Waals surface area (Å²) in [7, 11) is 0. The highest BCUT2D eigenvalue weighted by atomic mass is 19.4. The molecule has 0 aromatic rings. The fourth-order valence-electron chi connectivity index (χ4n) is 3.45. The molecule has 1 N–H and O–H groups in total. The van der Waals surface area contributed by atoms with Gasteiger partial charge in [-0.05, 0) is 37.5 Å². The summed E-state index contributed by atoms with van der Waals surface area (Å²) in [5.74, 6) is -1.29. The van der Waals surface area contributed by atoms with E-state index in [9.17, 15) is 18.3 Å². The van der Waals surface area contributed by atoms with Crippen LogP contribution in [0.25, 0.3) is 0 Å². The molecule has 1 aliphatic carbocycles. The van der Waals surface area contributed by atoms with Gasteiger partial charge in [0, 0.05) is 6.61 Å². The molecule has 1 saturated heterocycles. The van der Waals surface area contributed by atoms with E-state index < -0.39 is 12.1 Å². The Bertz CT molecular complexity index is 271. The number of hydrogen-bond acceptors (Lipinski definition) is 2. The SMILES string of the molecule is CC1OC2CC(C(F)(F)F)CC(CO)C2C1C. The van der Waals surface area contributed by atoms with Crippen LogP contribution < -0.4 is 0 Å². The maximum atomic E-state index is 12.8. The van der Waals surface area contributed by atoms with Gasteiger partial charge < -0.3 is 9.84 Å². The lowest BCUT2D eigenvalue weighted by atomic mass is 9.68. The van der Waals surface area contributed by atoms with Gasteiger partial charge in [-0.3, -0.25) is 0 Å². The predicted octanol–water partition coefficient (Wildman–Crippen LogP) is 2.61. The van der Waals surface area contributed by atoms with E-state index in [1.165, 1.54) is 0 Å². The van der Waals surface area contributed by atoms with Crippen molar-refractivity contribution in [2.45, 2.75) is 45.1 Å². The fraction of sp³-hybridized carbons (Fsp3) is 1.00. The molecule has 6 unspecified atom stereocenters. The van der Waals surface area contributed by atoms with E-state index in [1.54, 1.807) is 0 Å². The largest absolute Gasteiger partial charge is 0.396 e. The molecule has 0 bridgehead atoms. The zero-order chi connectivity index (χ0) is 12.8. The summed E-state index contributed by atoms with van der Waals surface area (Å²) >= 11 is 0. The van der Waals surface area contributed by atoms with Crippen LogP contribution in [0.1, 0.15) is 26.7 Å². The first-order valence-electron chi connectivity index (χ1n) is 6.17. The van der Waals surface area contributed by atoms with Gasteiger partial charge in [0.2, 0.25) is 0 Å². The Hall–Kier alpha value is -0.290. The second-order valence-corrected chi connectivity index (χ2v) is 5.47. The Morgan fingerprint density at radius 3 is 2.41 bits per heavy atom. The van der Waals surface area contributed by atoms with Gasteiger partial charge >= 0.3 is 6.18 Å². The smallest absolute Gasteiger partial charge is 0.391 e. The average molecular weight is 252 g/mol. The minimum atomic E-state index is -4.17. The molecule has 100 valence electrons. The van der Waals surface area contributed by atoms with Crippen molar-refractivity contribution in [2.75, 3.05) is 6.61 Å². The molecule has 0 amide bonds. The van der Waals surface area contributed by atoms with Crippen molar-refractivity contribution in [2.24, 2.45) is 23.7 Å². The highest BCUT2D eigenvalue weighted by molar-refractivity contribution is 4.96. The molecule has 1 saturated carbocycles. The highest BCUT2D eigenvalue weighted by Crippen LogP contribution is 2.50. The van der Waals surface area contributed by atoms with Crippen LogP contribution in [0.5, 0.6) is 0 Å². The number of hydrogen-bond donors (Lipinski definition) is 1. The summed E-state index contributed by atoms with van der Waals surface area (Å²) in [5.41, 5.74) is 0. The maximum absolute atomic E-state index is 12.8. The summed E-state index contributed by atoms with van der Waals surface area (Å²) < 4.78 is 43.9. The van der Waals surface area contributed by atoms with Crippen LogP contribution in [-0.2, 0) is 4.74 Å². The van der Waals surface area contributed by atoms with Crippen molar-refractivity contribution in [1.82, 2.24) is 0 Å². The first-order chi connectivity index (χ1) is 7.84. The molecule has 0 aromatic carbocycles. The van der Waals surface area contributed by atoms with Gasteiger partial charge in [0.15, 0.2) is 0 Å².